The van der Waals surface area contributed by atoms with E-state index < -0.39 is 29.9 Å². The number of β-amino-alcohol motifs (C(OH)–C–C–N with tert-alkyl or cyclic N) is 1. The van der Waals surface area contributed by atoms with Crippen molar-refractivity contribution in [3.8, 4) is 0 Å². The lowest BCUT2D eigenvalue weighted by Crippen LogP contribution is -2.41. The summed E-state index contributed by atoms with van der Waals surface area (Å²) >= 11 is 0. The van der Waals surface area contributed by atoms with Crippen LogP contribution in [0.5, 0.6) is 0 Å². The van der Waals surface area contributed by atoms with E-state index in [1.165, 1.54) is 0 Å². The maximum atomic E-state index is 11.8. The minimum absolute atomic E-state index is 0.151. The number of aliphatic hydroxyl groups is 2. The summed E-state index contributed by atoms with van der Waals surface area (Å²) in [7, 11) is 0. The van der Waals surface area contributed by atoms with Crippen LogP contribution in [0.1, 0.15) is 6.42 Å². The smallest absolute Gasteiger partial charge is 0.231 e. The average molecular weight is 264 g/mol. The van der Waals surface area contributed by atoms with E-state index in [0.29, 0.717) is 5.69 Å². The summed E-state index contributed by atoms with van der Waals surface area (Å²) in [6.45, 7) is 0.151. The second kappa shape index (κ2) is 5.92. The van der Waals surface area contributed by atoms with E-state index in [9.17, 15) is 19.8 Å². The maximum absolute atomic E-state index is 11.8. The van der Waals surface area contributed by atoms with Crippen molar-refractivity contribution in [1.82, 2.24) is 5.32 Å². The summed E-state index contributed by atoms with van der Waals surface area (Å²) < 4.78 is 0. The lowest BCUT2D eigenvalue weighted by Gasteiger charge is -2.14. The van der Waals surface area contributed by atoms with Crippen LogP contribution in [-0.2, 0) is 9.59 Å². The third kappa shape index (κ3) is 3.37. The maximum Gasteiger partial charge on any atom is 0.231 e. The number of hydrogen-bond acceptors (Lipinski definition) is 5. The molecule has 1 aromatic carbocycles. The Hall–Kier alpha value is -1.76. The zero-order valence-electron chi connectivity index (χ0n) is 10.2. The zero-order chi connectivity index (χ0) is 13.8. The summed E-state index contributed by atoms with van der Waals surface area (Å²) in [6.07, 6.45) is -2.46. The van der Waals surface area contributed by atoms with E-state index in [0.717, 1.165) is 0 Å². The van der Waals surface area contributed by atoms with Gasteiger partial charge in [0.1, 0.15) is 6.10 Å². The van der Waals surface area contributed by atoms with Gasteiger partial charge in [0, 0.05) is 12.2 Å². The Morgan fingerprint density at radius 2 is 1.95 bits per heavy atom. The Balaban J connectivity index is 1.87. The first-order valence-electron chi connectivity index (χ1n) is 6.05. The fraction of sp³-hybridized carbons (Fsp3) is 0.385. The highest BCUT2D eigenvalue weighted by Crippen LogP contribution is 2.11. The van der Waals surface area contributed by atoms with Gasteiger partial charge in [-0.25, -0.2) is 0 Å². The number of hydrogen-bond donors (Lipinski definition) is 4. The van der Waals surface area contributed by atoms with Gasteiger partial charge < -0.3 is 20.8 Å². The van der Waals surface area contributed by atoms with Gasteiger partial charge in [0.2, 0.25) is 5.91 Å². The first kappa shape index (κ1) is 13.7. The first-order chi connectivity index (χ1) is 9.08. The normalized spacial score (nSPS) is 26.1. The molecule has 4 N–H and O–H groups in total. The second-order valence-corrected chi connectivity index (χ2v) is 4.50. The van der Waals surface area contributed by atoms with Crippen molar-refractivity contribution >= 4 is 17.4 Å². The molecule has 0 aliphatic carbocycles. The van der Waals surface area contributed by atoms with Gasteiger partial charge in [-0.15, -0.1) is 0 Å². The number of anilines is 1. The highest BCUT2D eigenvalue weighted by atomic mass is 16.3. The van der Waals surface area contributed by atoms with Gasteiger partial charge in [0.25, 0.3) is 0 Å². The van der Waals surface area contributed by atoms with Crippen LogP contribution in [0.4, 0.5) is 5.69 Å². The predicted octanol–water partition coefficient (Wildman–Crippen LogP) is -0.722. The summed E-state index contributed by atoms with van der Waals surface area (Å²) in [5, 5.41) is 24.2. The molecule has 2 rings (SSSR count). The number of rotatable bonds is 4. The number of para-hydroxylation sites is 1. The van der Waals surface area contributed by atoms with Crippen LogP contribution < -0.4 is 10.6 Å². The number of carbonyl (C=O) groups excluding carboxylic acids is 2. The molecule has 0 saturated carbocycles. The molecule has 1 aliphatic rings. The highest BCUT2D eigenvalue weighted by molar-refractivity contribution is 6.06. The van der Waals surface area contributed by atoms with Crippen LogP contribution in [0.25, 0.3) is 0 Å². The Morgan fingerprint density at radius 1 is 1.26 bits per heavy atom. The molecule has 102 valence electrons. The minimum Gasteiger partial charge on any atom is -0.389 e. The van der Waals surface area contributed by atoms with Crippen molar-refractivity contribution in [3.63, 3.8) is 0 Å². The Morgan fingerprint density at radius 3 is 2.53 bits per heavy atom. The van der Waals surface area contributed by atoms with Crippen LogP contribution in [0.3, 0.4) is 0 Å². The molecule has 6 heteroatoms. The summed E-state index contributed by atoms with van der Waals surface area (Å²) in [6, 6.07) is 7.92. The van der Waals surface area contributed by atoms with Crippen molar-refractivity contribution in [3.05, 3.63) is 30.3 Å². The van der Waals surface area contributed by atoms with E-state index in [2.05, 4.69) is 10.6 Å². The van der Waals surface area contributed by atoms with Gasteiger partial charge in [0.15, 0.2) is 5.78 Å². The van der Waals surface area contributed by atoms with E-state index in [4.69, 9.17) is 0 Å². The zero-order valence-corrected chi connectivity index (χ0v) is 10.2. The number of aliphatic hydroxyl groups excluding tert-OH is 2. The van der Waals surface area contributed by atoms with Gasteiger partial charge in [-0.2, -0.15) is 0 Å². The Bertz CT molecular complexity index is 463. The number of amides is 1. The monoisotopic (exact) mass is 264 g/mol. The van der Waals surface area contributed by atoms with Crippen molar-refractivity contribution < 1.29 is 19.8 Å². The molecule has 1 amide bonds. The molecule has 6 nitrogen and oxygen atoms in total. The van der Waals surface area contributed by atoms with Crippen LogP contribution in [0.15, 0.2) is 30.3 Å². The van der Waals surface area contributed by atoms with Crippen LogP contribution in [0, 0.1) is 0 Å². The van der Waals surface area contributed by atoms with E-state index in [1.54, 1.807) is 24.3 Å². The van der Waals surface area contributed by atoms with Crippen molar-refractivity contribution in [1.29, 1.82) is 0 Å². The van der Waals surface area contributed by atoms with Gasteiger partial charge in [-0.3, -0.25) is 9.59 Å². The van der Waals surface area contributed by atoms with Crippen LogP contribution in [-0.4, -0.2) is 46.7 Å². The SMILES string of the molecule is O=C(CC(=O)[C@H]1NCC(O)C1O)Nc1ccccc1. The largest absolute Gasteiger partial charge is 0.389 e. The molecular formula is C13H16N2O4. The highest BCUT2D eigenvalue weighted by Gasteiger charge is 2.38. The molecule has 0 aromatic heterocycles. The first-order valence-corrected chi connectivity index (χ1v) is 6.05. The molecule has 1 fully saturated rings. The Kier molecular flexibility index (Phi) is 4.26. The van der Waals surface area contributed by atoms with Gasteiger partial charge in [-0.1, -0.05) is 18.2 Å². The van der Waals surface area contributed by atoms with Gasteiger partial charge in [-0.05, 0) is 12.1 Å². The van der Waals surface area contributed by atoms with E-state index in [-0.39, 0.29) is 13.0 Å². The standard InChI is InChI=1S/C13H16N2O4/c16-9(12-13(19)10(17)7-14-12)6-11(18)15-8-4-2-1-3-5-8/h1-5,10,12-14,17,19H,6-7H2,(H,15,18)/t10?,12-,13?/m1/s1. The predicted molar refractivity (Wildman–Crippen MR) is 68.5 cm³/mol. The topological polar surface area (TPSA) is 98.7 Å². The summed E-state index contributed by atoms with van der Waals surface area (Å²) in [5.74, 6) is -0.871. The fourth-order valence-corrected chi connectivity index (χ4v) is 2.01. The summed E-state index contributed by atoms with van der Waals surface area (Å²) in [4.78, 5) is 23.5. The molecule has 0 radical (unpaired) electrons. The summed E-state index contributed by atoms with van der Waals surface area (Å²) in [5.41, 5.74) is 0.611. The number of benzene rings is 1. The van der Waals surface area contributed by atoms with Crippen LogP contribution in [0.2, 0.25) is 0 Å². The third-order valence-corrected chi connectivity index (χ3v) is 3.02. The van der Waals surface area contributed by atoms with E-state index >= 15 is 0 Å². The fourth-order valence-electron chi connectivity index (χ4n) is 2.01. The molecule has 1 aliphatic heterocycles. The second-order valence-electron chi connectivity index (χ2n) is 4.50. The van der Waals surface area contributed by atoms with Crippen molar-refractivity contribution in [2.24, 2.45) is 0 Å². The molecular weight excluding hydrogens is 248 g/mol. The lowest BCUT2D eigenvalue weighted by molar-refractivity contribution is -0.128. The number of carbonyl (C=O) groups is 2. The molecule has 0 bridgehead atoms. The molecule has 19 heavy (non-hydrogen) atoms. The van der Waals surface area contributed by atoms with Crippen molar-refractivity contribution in [2.45, 2.75) is 24.7 Å². The molecule has 2 unspecified atom stereocenters. The number of Topliss-reactive ketones (excluding diaryl/α,β-unsaturated/α-hetero) is 1. The quantitative estimate of drug-likeness (QED) is 0.538. The number of ketones is 1. The van der Waals surface area contributed by atoms with Crippen molar-refractivity contribution in [2.75, 3.05) is 11.9 Å². The minimum atomic E-state index is -1.16. The molecule has 1 saturated heterocycles. The number of nitrogens with one attached hydrogen (secondary N) is 2. The van der Waals surface area contributed by atoms with Gasteiger partial charge in [0.05, 0.1) is 18.6 Å². The van der Waals surface area contributed by atoms with Gasteiger partial charge >= 0.3 is 0 Å². The third-order valence-electron chi connectivity index (χ3n) is 3.02. The lowest BCUT2D eigenvalue weighted by atomic mass is 10.0. The average Bonchev–Trinajstić information content (AvgIpc) is 2.71. The Labute approximate surface area is 110 Å². The molecule has 0 spiro atoms. The van der Waals surface area contributed by atoms with Crippen LogP contribution >= 0.6 is 0 Å². The molecule has 1 heterocycles. The van der Waals surface area contributed by atoms with E-state index in [1.807, 2.05) is 6.07 Å². The molecule has 1 aromatic rings. The molecule has 3 atom stereocenters.